The summed E-state index contributed by atoms with van der Waals surface area (Å²) in [5, 5.41) is 2.42. The van der Waals surface area contributed by atoms with E-state index in [9.17, 15) is 22.8 Å². The number of carbonyl (C=O) groups is 2. The van der Waals surface area contributed by atoms with Crippen molar-refractivity contribution in [3.8, 4) is 0 Å². The summed E-state index contributed by atoms with van der Waals surface area (Å²) in [6, 6.07) is 2.65. The number of hydrogen-bond acceptors (Lipinski definition) is 2. The highest BCUT2D eigenvalue weighted by atomic mass is 19.4. The fourth-order valence-corrected chi connectivity index (χ4v) is 2.04. The number of aryl methyl sites for hydroxylation is 1. The van der Waals surface area contributed by atoms with E-state index in [0.717, 1.165) is 11.0 Å². The lowest BCUT2D eigenvalue weighted by Gasteiger charge is -2.18. The van der Waals surface area contributed by atoms with Crippen molar-refractivity contribution in [3.63, 3.8) is 0 Å². The molecule has 0 unspecified atom stereocenters. The highest BCUT2D eigenvalue weighted by Gasteiger charge is 2.45. The van der Waals surface area contributed by atoms with Gasteiger partial charge < -0.3 is 5.32 Å². The molecule has 1 heterocycles. The van der Waals surface area contributed by atoms with E-state index in [0.29, 0.717) is 0 Å². The van der Waals surface area contributed by atoms with E-state index in [4.69, 9.17) is 0 Å². The third-order valence-electron chi connectivity index (χ3n) is 3.15. The largest absolute Gasteiger partial charge is 0.416 e. The second kappa shape index (κ2) is 4.22. The van der Waals surface area contributed by atoms with Crippen LogP contribution < -0.4 is 10.2 Å². The Morgan fingerprint density at radius 3 is 2.25 bits per heavy atom. The Hall–Kier alpha value is -2.05. The van der Waals surface area contributed by atoms with Crippen LogP contribution in [0.2, 0.25) is 0 Å². The molecule has 1 aliphatic rings. The third-order valence-corrected chi connectivity index (χ3v) is 3.15. The lowest BCUT2D eigenvalue weighted by atomic mass is 10.0. The predicted octanol–water partition coefficient (Wildman–Crippen LogP) is 2.85. The van der Waals surface area contributed by atoms with Gasteiger partial charge in [-0.15, -0.1) is 0 Å². The molecule has 0 aromatic heterocycles. The van der Waals surface area contributed by atoms with Crippen LogP contribution >= 0.6 is 0 Å². The van der Waals surface area contributed by atoms with Gasteiger partial charge >= 0.3 is 12.2 Å². The van der Waals surface area contributed by atoms with Gasteiger partial charge in [0.05, 0.1) is 11.3 Å². The first kappa shape index (κ1) is 14.4. The van der Waals surface area contributed by atoms with Crippen LogP contribution in [0.5, 0.6) is 0 Å². The number of carbonyl (C=O) groups excluding carboxylic acids is 2. The summed E-state index contributed by atoms with van der Waals surface area (Å²) in [7, 11) is 0. The van der Waals surface area contributed by atoms with E-state index in [1.165, 1.54) is 32.9 Å². The van der Waals surface area contributed by atoms with Crippen LogP contribution in [0.3, 0.4) is 0 Å². The van der Waals surface area contributed by atoms with Gasteiger partial charge in [-0.25, -0.2) is 9.69 Å². The molecule has 4 nitrogen and oxygen atoms in total. The van der Waals surface area contributed by atoms with Gasteiger partial charge in [0, 0.05) is 0 Å². The van der Waals surface area contributed by atoms with Crippen LogP contribution in [-0.4, -0.2) is 17.5 Å². The second-order valence-electron chi connectivity index (χ2n) is 5.19. The number of nitrogens with zero attached hydrogens (tertiary/aromatic N) is 1. The SMILES string of the molecule is Cc1ccc(N2C(=O)NC(C)(C)C2=O)cc1C(F)(F)F. The minimum absolute atomic E-state index is 0.0348. The molecule has 0 spiro atoms. The van der Waals surface area contributed by atoms with E-state index >= 15 is 0 Å². The molecule has 108 valence electrons. The van der Waals surface area contributed by atoms with E-state index in [1.807, 2.05) is 0 Å². The van der Waals surface area contributed by atoms with Gasteiger partial charge in [-0.2, -0.15) is 13.2 Å². The molecule has 1 saturated heterocycles. The van der Waals surface area contributed by atoms with E-state index in [2.05, 4.69) is 5.32 Å². The molecule has 1 fully saturated rings. The summed E-state index contributed by atoms with van der Waals surface area (Å²) in [6.45, 7) is 4.31. The monoisotopic (exact) mass is 286 g/mol. The van der Waals surface area contributed by atoms with Crippen molar-refractivity contribution in [1.29, 1.82) is 0 Å². The molecule has 1 aliphatic heterocycles. The number of hydrogen-bond donors (Lipinski definition) is 1. The summed E-state index contributed by atoms with van der Waals surface area (Å²) in [4.78, 5) is 24.5. The molecule has 0 aliphatic carbocycles. The summed E-state index contributed by atoms with van der Waals surface area (Å²) in [5.74, 6) is -0.584. The average Bonchev–Trinajstić information content (AvgIpc) is 2.48. The number of urea groups is 1. The summed E-state index contributed by atoms with van der Waals surface area (Å²) < 4.78 is 38.6. The minimum Gasteiger partial charge on any atom is -0.323 e. The van der Waals surface area contributed by atoms with Crippen LogP contribution in [0, 0.1) is 6.92 Å². The molecule has 1 N–H and O–H groups in total. The van der Waals surface area contributed by atoms with E-state index in [-0.39, 0.29) is 11.3 Å². The number of halogens is 3. The molecular formula is C13H13F3N2O2. The van der Waals surface area contributed by atoms with Gasteiger partial charge in [-0.1, -0.05) is 6.07 Å². The lowest BCUT2D eigenvalue weighted by Crippen LogP contribution is -2.40. The van der Waals surface area contributed by atoms with Gasteiger partial charge in [0.2, 0.25) is 0 Å². The van der Waals surface area contributed by atoms with Crippen molar-refractivity contribution in [2.24, 2.45) is 0 Å². The maximum absolute atomic E-state index is 12.9. The number of benzene rings is 1. The van der Waals surface area contributed by atoms with Crippen molar-refractivity contribution in [2.75, 3.05) is 4.90 Å². The van der Waals surface area contributed by atoms with Crippen molar-refractivity contribution < 1.29 is 22.8 Å². The molecule has 1 aromatic rings. The average molecular weight is 286 g/mol. The fourth-order valence-electron chi connectivity index (χ4n) is 2.04. The van der Waals surface area contributed by atoms with Gasteiger partial charge in [0.15, 0.2) is 0 Å². The Kier molecular flexibility index (Phi) is 3.03. The zero-order chi connectivity index (χ0) is 15.3. The quantitative estimate of drug-likeness (QED) is 0.807. The maximum atomic E-state index is 12.9. The summed E-state index contributed by atoms with van der Waals surface area (Å²) in [5.41, 5.74) is -2.04. The molecule has 2 rings (SSSR count). The Balaban J connectivity index is 2.50. The van der Waals surface area contributed by atoms with Gasteiger partial charge in [0.25, 0.3) is 5.91 Å². The van der Waals surface area contributed by atoms with Crippen molar-refractivity contribution in [1.82, 2.24) is 5.32 Å². The van der Waals surface area contributed by atoms with E-state index < -0.39 is 29.2 Å². The molecular weight excluding hydrogens is 273 g/mol. The molecule has 3 amide bonds. The smallest absolute Gasteiger partial charge is 0.323 e. The Bertz CT molecular complexity index is 594. The first-order chi connectivity index (χ1) is 9.04. The fraction of sp³-hybridized carbons (Fsp3) is 0.385. The van der Waals surface area contributed by atoms with Crippen LogP contribution in [0.25, 0.3) is 0 Å². The molecule has 1 aromatic carbocycles. The predicted molar refractivity (Wildman–Crippen MR) is 66.3 cm³/mol. The maximum Gasteiger partial charge on any atom is 0.416 e. The molecule has 20 heavy (non-hydrogen) atoms. The Labute approximate surface area is 113 Å². The molecule has 0 atom stereocenters. The van der Waals surface area contributed by atoms with Gasteiger partial charge in [-0.05, 0) is 38.5 Å². The topological polar surface area (TPSA) is 49.4 Å². The third kappa shape index (κ3) is 2.23. The Morgan fingerprint density at radius 2 is 1.80 bits per heavy atom. The highest BCUT2D eigenvalue weighted by Crippen LogP contribution is 2.35. The molecule has 7 heteroatoms. The van der Waals surface area contributed by atoms with Crippen molar-refractivity contribution in [3.05, 3.63) is 29.3 Å². The Morgan fingerprint density at radius 1 is 1.20 bits per heavy atom. The standard InChI is InChI=1S/C13H13F3N2O2/c1-7-4-5-8(6-9(7)13(14,15)16)18-10(19)12(2,3)17-11(18)20/h4-6H,1-3H3,(H,17,20). The number of nitrogens with one attached hydrogen (secondary N) is 1. The summed E-state index contributed by atoms with van der Waals surface area (Å²) >= 11 is 0. The number of amides is 3. The van der Waals surface area contributed by atoms with Crippen LogP contribution in [0.1, 0.15) is 25.0 Å². The van der Waals surface area contributed by atoms with Crippen LogP contribution in [-0.2, 0) is 11.0 Å². The molecule has 0 bridgehead atoms. The highest BCUT2D eigenvalue weighted by molar-refractivity contribution is 6.23. The van der Waals surface area contributed by atoms with Gasteiger partial charge in [-0.3, -0.25) is 4.79 Å². The summed E-state index contributed by atoms with van der Waals surface area (Å²) in [6.07, 6.45) is -4.53. The normalized spacial score (nSPS) is 18.4. The minimum atomic E-state index is -4.53. The molecule has 0 saturated carbocycles. The van der Waals surface area contributed by atoms with Crippen LogP contribution in [0.4, 0.5) is 23.7 Å². The second-order valence-corrected chi connectivity index (χ2v) is 5.19. The first-order valence-electron chi connectivity index (χ1n) is 5.88. The molecule has 0 radical (unpaired) electrons. The number of rotatable bonds is 1. The zero-order valence-corrected chi connectivity index (χ0v) is 11.1. The number of imide groups is 1. The van der Waals surface area contributed by atoms with Crippen molar-refractivity contribution in [2.45, 2.75) is 32.5 Å². The lowest BCUT2D eigenvalue weighted by molar-refractivity contribution is -0.138. The van der Waals surface area contributed by atoms with E-state index in [1.54, 1.807) is 0 Å². The number of alkyl halides is 3. The first-order valence-corrected chi connectivity index (χ1v) is 5.88. The number of anilines is 1. The van der Waals surface area contributed by atoms with Crippen LogP contribution in [0.15, 0.2) is 18.2 Å². The van der Waals surface area contributed by atoms with Gasteiger partial charge in [0.1, 0.15) is 5.54 Å². The zero-order valence-electron chi connectivity index (χ0n) is 11.1. The van der Waals surface area contributed by atoms with Crippen molar-refractivity contribution >= 4 is 17.6 Å².